The van der Waals surface area contributed by atoms with Crippen molar-refractivity contribution in [3.63, 3.8) is 0 Å². The number of aromatic amines is 1. The second-order valence-corrected chi connectivity index (χ2v) is 6.82. The lowest BCUT2D eigenvalue weighted by Crippen LogP contribution is -2.40. The minimum absolute atomic E-state index is 0.0732. The van der Waals surface area contributed by atoms with E-state index in [-0.39, 0.29) is 11.9 Å². The van der Waals surface area contributed by atoms with Crippen LogP contribution < -0.4 is 0 Å². The van der Waals surface area contributed by atoms with Crippen molar-refractivity contribution in [2.45, 2.75) is 18.9 Å². The standard InChI is InChI=1S/C20H19N5O3/c26-20(18-4-2-12-27-18)24-10-1-3-14(13-24)25-11-9-21-19(25)17-6-5-16(28-17)15-7-8-22-23-15/h2,4-9,11-12,14H,1,3,10,13H2,(H,22,23)/t14-/m1/s1. The molecule has 5 heterocycles. The van der Waals surface area contributed by atoms with Crippen LogP contribution in [0.4, 0.5) is 0 Å². The van der Waals surface area contributed by atoms with Crippen LogP contribution in [0.3, 0.4) is 0 Å². The molecule has 4 aromatic rings. The first-order valence-corrected chi connectivity index (χ1v) is 9.25. The fourth-order valence-electron chi connectivity index (χ4n) is 3.72. The molecule has 1 atom stereocenters. The van der Waals surface area contributed by atoms with Gasteiger partial charge in [-0.2, -0.15) is 5.10 Å². The number of H-pyrrole nitrogens is 1. The van der Waals surface area contributed by atoms with Crippen molar-refractivity contribution in [3.05, 3.63) is 60.9 Å². The number of piperidine rings is 1. The molecule has 1 aliphatic rings. The summed E-state index contributed by atoms with van der Waals surface area (Å²) in [5.74, 6) is 2.45. The van der Waals surface area contributed by atoms with Crippen molar-refractivity contribution < 1.29 is 13.6 Å². The highest BCUT2D eigenvalue weighted by Crippen LogP contribution is 2.31. The SMILES string of the molecule is O=C(c1ccco1)N1CCC[C@@H](n2ccnc2-c2ccc(-c3ccn[nH]3)o2)C1. The average molecular weight is 377 g/mol. The number of aromatic nitrogens is 4. The zero-order valence-corrected chi connectivity index (χ0v) is 15.1. The largest absolute Gasteiger partial charge is 0.459 e. The van der Waals surface area contributed by atoms with Gasteiger partial charge in [-0.05, 0) is 43.2 Å². The maximum absolute atomic E-state index is 12.6. The van der Waals surface area contributed by atoms with Crippen LogP contribution in [0.25, 0.3) is 23.0 Å². The number of rotatable bonds is 4. The number of likely N-dealkylation sites (tertiary alicyclic amines) is 1. The van der Waals surface area contributed by atoms with E-state index in [1.165, 1.54) is 6.26 Å². The third-order valence-electron chi connectivity index (χ3n) is 5.07. The van der Waals surface area contributed by atoms with Gasteiger partial charge in [-0.15, -0.1) is 0 Å². The van der Waals surface area contributed by atoms with Crippen LogP contribution in [0, 0.1) is 0 Å². The maximum atomic E-state index is 12.6. The first kappa shape index (κ1) is 16.6. The molecule has 0 radical (unpaired) electrons. The lowest BCUT2D eigenvalue weighted by molar-refractivity contribution is 0.0648. The molecule has 8 heteroatoms. The molecule has 1 saturated heterocycles. The summed E-state index contributed by atoms with van der Waals surface area (Å²) in [5.41, 5.74) is 0.817. The van der Waals surface area contributed by atoms with E-state index in [1.54, 1.807) is 24.5 Å². The second kappa shape index (κ2) is 6.88. The van der Waals surface area contributed by atoms with E-state index in [1.807, 2.05) is 29.3 Å². The van der Waals surface area contributed by atoms with E-state index in [2.05, 4.69) is 19.7 Å². The molecule has 0 aromatic carbocycles. The van der Waals surface area contributed by atoms with Crippen LogP contribution >= 0.6 is 0 Å². The highest BCUT2D eigenvalue weighted by atomic mass is 16.3. The number of hydrogen-bond acceptors (Lipinski definition) is 5. The fourth-order valence-corrected chi connectivity index (χ4v) is 3.72. The fraction of sp³-hybridized carbons (Fsp3) is 0.250. The minimum Gasteiger partial charge on any atom is -0.459 e. The number of carbonyl (C=O) groups is 1. The molecule has 5 rings (SSSR count). The third-order valence-corrected chi connectivity index (χ3v) is 5.07. The van der Waals surface area contributed by atoms with Gasteiger partial charge in [0.2, 0.25) is 0 Å². The third kappa shape index (κ3) is 2.92. The van der Waals surface area contributed by atoms with Gasteiger partial charge >= 0.3 is 0 Å². The Morgan fingerprint density at radius 1 is 1.18 bits per heavy atom. The summed E-state index contributed by atoms with van der Waals surface area (Å²) in [6, 6.07) is 9.23. The van der Waals surface area contributed by atoms with Gasteiger partial charge in [-0.1, -0.05) is 0 Å². The summed E-state index contributed by atoms with van der Waals surface area (Å²) < 4.78 is 13.4. The van der Waals surface area contributed by atoms with Gasteiger partial charge in [-0.25, -0.2) is 4.98 Å². The van der Waals surface area contributed by atoms with Crippen molar-refractivity contribution in [2.75, 3.05) is 13.1 Å². The molecule has 1 N–H and O–H groups in total. The first-order valence-electron chi connectivity index (χ1n) is 9.25. The van der Waals surface area contributed by atoms with Crippen molar-refractivity contribution in [2.24, 2.45) is 0 Å². The summed E-state index contributed by atoms with van der Waals surface area (Å²) >= 11 is 0. The number of carbonyl (C=O) groups excluding carboxylic acids is 1. The molecule has 142 valence electrons. The average Bonchev–Trinajstić information content (AvgIpc) is 3.52. The highest BCUT2D eigenvalue weighted by Gasteiger charge is 2.28. The van der Waals surface area contributed by atoms with E-state index >= 15 is 0 Å². The Hall–Kier alpha value is -3.55. The number of nitrogens with one attached hydrogen (secondary N) is 1. The highest BCUT2D eigenvalue weighted by molar-refractivity contribution is 5.91. The quantitative estimate of drug-likeness (QED) is 0.586. The van der Waals surface area contributed by atoms with Crippen LogP contribution in [0.15, 0.2) is 64.0 Å². The normalized spacial score (nSPS) is 17.1. The Balaban J connectivity index is 1.39. The van der Waals surface area contributed by atoms with E-state index < -0.39 is 0 Å². The van der Waals surface area contributed by atoms with Crippen LogP contribution in [-0.4, -0.2) is 43.6 Å². The Morgan fingerprint density at radius 3 is 2.93 bits per heavy atom. The molecule has 0 aliphatic carbocycles. The van der Waals surface area contributed by atoms with Crippen molar-refractivity contribution in [1.82, 2.24) is 24.6 Å². The van der Waals surface area contributed by atoms with Crippen molar-refractivity contribution in [1.29, 1.82) is 0 Å². The molecular weight excluding hydrogens is 358 g/mol. The van der Waals surface area contributed by atoms with Gasteiger partial charge in [0.1, 0.15) is 5.69 Å². The van der Waals surface area contributed by atoms with Crippen LogP contribution in [0.2, 0.25) is 0 Å². The molecule has 0 unspecified atom stereocenters. The smallest absolute Gasteiger partial charge is 0.289 e. The van der Waals surface area contributed by atoms with E-state index in [0.717, 1.165) is 30.9 Å². The minimum atomic E-state index is -0.0732. The summed E-state index contributed by atoms with van der Waals surface area (Å²) in [5, 5.41) is 6.85. The number of hydrogen-bond donors (Lipinski definition) is 1. The lowest BCUT2D eigenvalue weighted by Gasteiger charge is -2.33. The zero-order valence-electron chi connectivity index (χ0n) is 15.1. The molecule has 28 heavy (non-hydrogen) atoms. The predicted molar refractivity (Wildman–Crippen MR) is 100 cm³/mol. The zero-order chi connectivity index (χ0) is 18.9. The molecule has 8 nitrogen and oxygen atoms in total. The Morgan fingerprint density at radius 2 is 2.11 bits per heavy atom. The predicted octanol–water partition coefficient (Wildman–Crippen LogP) is 3.60. The van der Waals surface area contributed by atoms with Crippen molar-refractivity contribution >= 4 is 5.91 Å². The van der Waals surface area contributed by atoms with Crippen LogP contribution in [0.1, 0.15) is 29.4 Å². The Bertz CT molecular complexity index is 1060. The Labute approximate surface area is 160 Å². The van der Waals surface area contributed by atoms with Gasteiger partial charge < -0.3 is 18.3 Å². The molecule has 1 amide bonds. The summed E-state index contributed by atoms with van der Waals surface area (Å²) in [4.78, 5) is 19.0. The monoisotopic (exact) mass is 377 g/mol. The molecule has 0 spiro atoms. The van der Waals surface area contributed by atoms with E-state index in [0.29, 0.717) is 23.8 Å². The first-order chi connectivity index (χ1) is 13.8. The van der Waals surface area contributed by atoms with Gasteiger partial charge in [-0.3, -0.25) is 9.89 Å². The Kier molecular flexibility index (Phi) is 4.08. The van der Waals surface area contributed by atoms with E-state index in [9.17, 15) is 4.79 Å². The summed E-state index contributed by atoms with van der Waals surface area (Å²) in [7, 11) is 0. The van der Waals surface area contributed by atoms with Gasteiger partial charge in [0.05, 0.1) is 12.3 Å². The molecule has 4 aromatic heterocycles. The molecular formula is C20H19N5O3. The van der Waals surface area contributed by atoms with Gasteiger partial charge in [0, 0.05) is 31.7 Å². The maximum Gasteiger partial charge on any atom is 0.289 e. The lowest BCUT2D eigenvalue weighted by atomic mass is 10.0. The molecule has 0 saturated carbocycles. The van der Waals surface area contributed by atoms with E-state index in [4.69, 9.17) is 8.83 Å². The number of nitrogens with zero attached hydrogens (tertiary/aromatic N) is 4. The number of furan rings is 2. The number of amides is 1. The van der Waals surface area contributed by atoms with Gasteiger partial charge in [0.15, 0.2) is 23.1 Å². The topological polar surface area (TPSA) is 93.1 Å². The van der Waals surface area contributed by atoms with Crippen LogP contribution in [0.5, 0.6) is 0 Å². The van der Waals surface area contributed by atoms with Gasteiger partial charge in [0.25, 0.3) is 5.91 Å². The second-order valence-electron chi connectivity index (χ2n) is 6.82. The molecule has 1 fully saturated rings. The summed E-state index contributed by atoms with van der Waals surface area (Å²) in [6.45, 7) is 1.34. The summed E-state index contributed by atoms with van der Waals surface area (Å²) in [6.07, 6.45) is 8.81. The molecule has 1 aliphatic heterocycles. The molecule has 0 bridgehead atoms. The van der Waals surface area contributed by atoms with Crippen molar-refractivity contribution in [3.8, 4) is 23.0 Å². The number of imidazole rings is 1. The van der Waals surface area contributed by atoms with Crippen LogP contribution in [-0.2, 0) is 0 Å².